The fraction of sp³-hybridized carbons (Fsp3) is 0.158. The van der Waals surface area contributed by atoms with E-state index in [2.05, 4.69) is 20.8 Å². The number of amides is 2. The first-order valence-corrected chi connectivity index (χ1v) is 11.4. The quantitative estimate of drug-likeness (QED) is 0.372. The highest BCUT2D eigenvalue weighted by Gasteiger charge is 2.15. The average Bonchev–Trinajstić information content (AvgIpc) is 3.39. The Hall–Kier alpha value is -2.53. The van der Waals surface area contributed by atoms with Crippen LogP contribution in [0.1, 0.15) is 15.9 Å². The number of carbonyl (C=O) groups is 2. The highest BCUT2D eigenvalue weighted by atomic mass is 35.5. The van der Waals surface area contributed by atoms with Crippen molar-refractivity contribution in [3.05, 3.63) is 57.6 Å². The van der Waals surface area contributed by atoms with E-state index in [1.807, 2.05) is 18.2 Å². The Labute approximate surface area is 195 Å². The van der Waals surface area contributed by atoms with Gasteiger partial charge >= 0.3 is 0 Å². The van der Waals surface area contributed by atoms with Crippen molar-refractivity contribution >= 4 is 63.2 Å². The lowest BCUT2D eigenvalue weighted by Gasteiger charge is -2.05. The van der Waals surface area contributed by atoms with Crippen LogP contribution < -0.4 is 20.1 Å². The summed E-state index contributed by atoms with van der Waals surface area (Å²) in [5, 5.41) is 14.4. The van der Waals surface area contributed by atoms with E-state index in [0.717, 1.165) is 16.9 Å². The van der Waals surface area contributed by atoms with E-state index in [9.17, 15) is 9.59 Å². The Bertz CT molecular complexity index is 1140. The lowest BCUT2D eigenvalue weighted by Crippen LogP contribution is -2.24. The molecule has 3 aromatic rings. The lowest BCUT2D eigenvalue weighted by atomic mass is 10.2. The number of thioether (sulfide) groups is 1. The molecule has 0 saturated heterocycles. The minimum absolute atomic E-state index is 0.156. The van der Waals surface area contributed by atoms with Gasteiger partial charge in [-0.3, -0.25) is 14.9 Å². The van der Waals surface area contributed by atoms with E-state index in [4.69, 9.17) is 32.7 Å². The average molecular weight is 497 g/mol. The maximum Gasteiger partial charge on any atom is 0.259 e. The standard InChI is InChI=1S/C19H14Cl2N4O4S2/c20-11-2-3-12(13(21)6-11)17(27)23-18-24-25-19(31-18)30-8-16(26)22-7-10-1-4-14-15(5-10)29-9-28-14/h1-6H,7-9H2,(H,22,26)(H,23,24,27). The van der Waals surface area contributed by atoms with Crippen molar-refractivity contribution in [2.45, 2.75) is 10.9 Å². The Morgan fingerprint density at radius 2 is 1.94 bits per heavy atom. The van der Waals surface area contributed by atoms with Crippen molar-refractivity contribution in [2.75, 3.05) is 17.9 Å². The molecule has 4 rings (SSSR count). The molecule has 0 atom stereocenters. The molecular weight excluding hydrogens is 483 g/mol. The van der Waals surface area contributed by atoms with E-state index >= 15 is 0 Å². The third-order valence-electron chi connectivity index (χ3n) is 4.06. The number of nitrogens with one attached hydrogen (secondary N) is 2. The van der Waals surface area contributed by atoms with Gasteiger partial charge in [-0.2, -0.15) is 0 Å². The van der Waals surface area contributed by atoms with Gasteiger partial charge < -0.3 is 14.8 Å². The minimum atomic E-state index is -0.421. The van der Waals surface area contributed by atoms with Crippen LogP contribution in [0.5, 0.6) is 11.5 Å². The molecule has 0 spiro atoms. The Morgan fingerprint density at radius 1 is 1.10 bits per heavy atom. The molecule has 0 saturated carbocycles. The van der Waals surface area contributed by atoms with Gasteiger partial charge in [-0.05, 0) is 35.9 Å². The molecule has 2 amide bonds. The predicted octanol–water partition coefficient (Wildman–Crippen LogP) is 4.23. The van der Waals surface area contributed by atoms with Gasteiger partial charge in [0.2, 0.25) is 17.8 Å². The van der Waals surface area contributed by atoms with Crippen LogP contribution in [0.2, 0.25) is 10.0 Å². The summed E-state index contributed by atoms with van der Waals surface area (Å²) in [5.74, 6) is 0.954. The van der Waals surface area contributed by atoms with Gasteiger partial charge in [0.25, 0.3) is 5.91 Å². The Morgan fingerprint density at radius 3 is 2.77 bits per heavy atom. The minimum Gasteiger partial charge on any atom is -0.454 e. The first kappa shape index (κ1) is 21.7. The van der Waals surface area contributed by atoms with Crippen molar-refractivity contribution in [1.29, 1.82) is 0 Å². The van der Waals surface area contributed by atoms with E-state index in [-0.39, 0.29) is 29.0 Å². The summed E-state index contributed by atoms with van der Waals surface area (Å²) in [6.07, 6.45) is 0. The molecule has 1 aromatic heterocycles. The summed E-state index contributed by atoms with van der Waals surface area (Å²) in [5.41, 5.74) is 1.18. The van der Waals surface area contributed by atoms with Crippen LogP contribution in [0.15, 0.2) is 40.7 Å². The van der Waals surface area contributed by atoms with Gasteiger partial charge in [-0.15, -0.1) is 10.2 Å². The summed E-state index contributed by atoms with van der Waals surface area (Å²) in [4.78, 5) is 24.5. The number of hydrogen-bond acceptors (Lipinski definition) is 8. The number of carbonyl (C=O) groups excluding carboxylic acids is 2. The molecule has 1 aliphatic heterocycles. The maximum absolute atomic E-state index is 12.3. The summed E-state index contributed by atoms with van der Waals surface area (Å²) >= 11 is 14.3. The zero-order chi connectivity index (χ0) is 21.8. The van der Waals surface area contributed by atoms with Crippen molar-refractivity contribution in [3.63, 3.8) is 0 Å². The summed E-state index contributed by atoms with van der Waals surface area (Å²) in [7, 11) is 0. The number of ether oxygens (including phenoxy) is 2. The Kier molecular flexibility index (Phi) is 6.81. The maximum atomic E-state index is 12.3. The van der Waals surface area contributed by atoms with Crippen molar-refractivity contribution in [2.24, 2.45) is 0 Å². The molecule has 160 valence electrons. The molecule has 0 radical (unpaired) electrons. The van der Waals surface area contributed by atoms with Crippen LogP contribution in [0.3, 0.4) is 0 Å². The summed E-state index contributed by atoms with van der Waals surface area (Å²) in [6.45, 7) is 0.578. The number of anilines is 1. The van der Waals surface area contributed by atoms with Crippen molar-refractivity contribution in [1.82, 2.24) is 15.5 Å². The molecular formula is C19H14Cl2N4O4S2. The number of hydrogen-bond donors (Lipinski definition) is 2. The van der Waals surface area contributed by atoms with Gasteiger partial charge in [0, 0.05) is 11.6 Å². The summed E-state index contributed by atoms with van der Waals surface area (Å²) in [6, 6.07) is 10.1. The van der Waals surface area contributed by atoms with Crippen LogP contribution in [0, 0.1) is 0 Å². The van der Waals surface area contributed by atoms with E-state index < -0.39 is 5.91 Å². The normalized spacial score (nSPS) is 11.9. The molecule has 31 heavy (non-hydrogen) atoms. The molecule has 8 nitrogen and oxygen atoms in total. The molecule has 0 unspecified atom stereocenters. The smallest absolute Gasteiger partial charge is 0.259 e. The first-order chi connectivity index (χ1) is 15.0. The SMILES string of the molecule is O=C(CSc1nnc(NC(=O)c2ccc(Cl)cc2Cl)s1)NCc1ccc2c(c1)OCO2. The molecule has 2 aromatic carbocycles. The molecule has 12 heteroatoms. The lowest BCUT2D eigenvalue weighted by molar-refractivity contribution is -0.118. The second kappa shape index (κ2) is 9.73. The van der Waals surface area contributed by atoms with Crippen molar-refractivity contribution < 1.29 is 19.1 Å². The number of aromatic nitrogens is 2. The van der Waals surface area contributed by atoms with Crippen molar-refractivity contribution in [3.8, 4) is 11.5 Å². The monoisotopic (exact) mass is 496 g/mol. The number of benzene rings is 2. The highest BCUT2D eigenvalue weighted by molar-refractivity contribution is 8.01. The molecule has 2 N–H and O–H groups in total. The topological polar surface area (TPSA) is 102 Å². The van der Waals surface area contributed by atoms with Crippen LogP contribution in [0.4, 0.5) is 5.13 Å². The van der Waals surface area contributed by atoms with E-state index in [1.54, 1.807) is 6.07 Å². The van der Waals surface area contributed by atoms with Gasteiger partial charge in [0.15, 0.2) is 15.8 Å². The van der Waals surface area contributed by atoms with Gasteiger partial charge in [0.05, 0.1) is 16.3 Å². The predicted molar refractivity (Wildman–Crippen MR) is 119 cm³/mol. The molecule has 0 bridgehead atoms. The van der Waals surface area contributed by atoms with Crippen LogP contribution in [-0.2, 0) is 11.3 Å². The molecule has 0 fully saturated rings. The van der Waals surface area contributed by atoms with Gasteiger partial charge in [0.1, 0.15) is 0 Å². The van der Waals surface area contributed by atoms with Crippen LogP contribution >= 0.6 is 46.3 Å². The van der Waals surface area contributed by atoms with Gasteiger partial charge in [-0.25, -0.2) is 0 Å². The number of fused-ring (bicyclic) bond motifs is 1. The fourth-order valence-electron chi connectivity index (χ4n) is 2.59. The third kappa shape index (κ3) is 5.59. The number of nitrogens with zero attached hydrogens (tertiary/aromatic N) is 2. The zero-order valence-electron chi connectivity index (χ0n) is 15.7. The highest BCUT2D eigenvalue weighted by Crippen LogP contribution is 2.32. The Balaban J connectivity index is 1.25. The molecule has 0 aliphatic carbocycles. The summed E-state index contributed by atoms with van der Waals surface area (Å²) < 4.78 is 11.1. The number of halogens is 2. The largest absolute Gasteiger partial charge is 0.454 e. The van der Waals surface area contributed by atoms with Gasteiger partial charge in [-0.1, -0.05) is 52.4 Å². The van der Waals surface area contributed by atoms with Crippen LogP contribution in [0.25, 0.3) is 0 Å². The van der Waals surface area contributed by atoms with Crippen LogP contribution in [-0.4, -0.2) is 34.6 Å². The van der Waals surface area contributed by atoms with E-state index in [1.165, 1.54) is 23.9 Å². The zero-order valence-corrected chi connectivity index (χ0v) is 18.8. The third-order valence-corrected chi connectivity index (χ3v) is 6.58. The molecule has 1 aliphatic rings. The van der Waals surface area contributed by atoms with E-state index in [0.29, 0.717) is 32.5 Å². The molecule has 2 heterocycles. The first-order valence-electron chi connectivity index (χ1n) is 8.86. The second-order valence-electron chi connectivity index (χ2n) is 6.20. The number of rotatable bonds is 7. The fourth-order valence-corrected chi connectivity index (χ4v) is 4.66. The second-order valence-corrected chi connectivity index (χ2v) is 9.25.